The van der Waals surface area contributed by atoms with Gasteiger partial charge in [0.15, 0.2) is 0 Å². The van der Waals surface area contributed by atoms with Gasteiger partial charge in [0, 0.05) is 5.39 Å². The van der Waals surface area contributed by atoms with E-state index in [1.807, 2.05) is 0 Å². The first kappa shape index (κ1) is 25.9. The molecule has 5 aromatic rings. The molecular formula is C27H15F9O2. The average Bonchev–Trinajstić information content (AvgIpc) is 2.80. The van der Waals surface area contributed by atoms with E-state index in [-0.39, 0.29) is 44.3 Å². The Hall–Kier alpha value is -3.76. The van der Waals surface area contributed by atoms with Gasteiger partial charge in [-0.2, -0.15) is 39.5 Å². The fraction of sp³-hybridized carbons (Fsp3) is 0.222. The minimum atomic E-state index is -5.15. The van der Waals surface area contributed by atoms with E-state index in [1.165, 1.54) is 13.0 Å². The zero-order chi connectivity index (χ0) is 27.9. The molecule has 0 saturated carbocycles. The van der Waals surface area contributed by atoms with E-state index < -0.39 is 57.9 Å². The Morgan fingerprint density at radius 2 is 0.947 bits per heavy atom. The predicted octanol–water partition coefficient (Wildman–Crippen LogP) is 9.37. The van der Waals surface area contributed by atoms with Crippen molar-refractivity contribution >= 4 is 49.1 Å². The molecule has 0 aliphatic carbocycles. The summed E-state index contributed by atoms with van der Waals surface area (Å²) < 4.78 is 126. The maximum atomic E-state index is 14.1. The van der Waals surface area contributed by atoms with Gasteiger partial charge >= 0.3 is 24.5 Å². The smallest absolute Gasteiger partial charge is 0.417 e. The van der Waals surface area contributed by atoms with Crippen molar-refractivity contribution in [1.29, 1.82) is 0 Å². The Balaban J connectivity index is 2.11. The van der Waals surface area contributed by atoms with Gasteiger partial charge in [0.05, 0.1) is 22.6 Å². The molecular weight excluding hydrogens is 527 g/mol. The van der Waals surface area contributed by atoms with Crippen LogP contribution in [-0.2, 0) is 23.3 Å². The van der Waals surface area contributed by atoms with Crippen LogP contribution < -0.4 is 0 Å². The van der Waals surface area contributed by atoms with E-state index in [0.29, 0.717) is 18.2 Å². The van der Waals surface area contributed by atoms with Crippen molar-refractivity contribution in [2.24, 2.45) is 0 Å². The number of benzene rings is 5. The normalized spacial score (nSPS) is 14.3. The highest BCUT2D eigenvalue weighted by atomic mass is 19.4. The largest absolute Gasteiger partial charge is 0.481 e. The maximum absolute atomic E-state index is 14.1. The van der Waals surface area contributed by atoms with Gasteiger partial charge in [0.25, 0.3) is 0 Å². The summed E-state index contributed by atoms with van der Waals surface area (Å²) in [6, 6.07) is 6.97. The lowest BCUT2D eigenvalue weighted by Crippen LogP contribution is -2.14. The Morgan fingerprint density at radius 3 is 1.29 bits per heavy atom. The van der Waals surface area contributed by atoms with Gasteiger partial charge in [-0.1, -0.05) is 37.3 Å². The molecule has 0 saturated heterocycles. The summed E-state index contributed by atoms with van der Waals surface area (Å²) in [6.07, 6.45) is -15.3. The van der Waals surface area contributed by atoms with Gasteiger partial charge in [-0.3, -0.25) is 4.79 Å². The fourth-order valence-corrected chi connectivity index (χ4v) is 5.44. The van der Waals surface area contributed by atoms with Crippen LogP contribution in [0.25, 0.3) is 43.1 Å². The number of aliphatic carboxylic acids is 1. The first-order valence-electron chi connectivity index (χ1n) is 11.2. The van der Waals surface area contributed by atoms with Gasteiger partial charge in [-0.15, -0.1) is 0 Å². The summed E-state index contributed by atoms with van der Waals surface area (Å²) in [7, 11) is 0. The Bertz CT molecular complexity index is 1680. The number of carboxylic acids is 1. The Labute approximate surface area is 207 Å². The Kier molecular flexibility index (Phi) is 5.53. The van der Waals surface area contributed by atoms with Crippen LogP contribution in [0.2, 0.25) is 0 Å². The van der Waals surface area contributed by atoms with Crippen molar-refractivity contribution in [3.05, 3.63) is 70.8 Å². The van der Waals surface area contributed by atoms with Crippen LogP contribution in [0.15, 0.2) is 48.5 Å². The number of alkyl halides is 9. The minimum absolute atomic E-state index is 0.0179. The fourth-order valence-electron chi connectivity index (χ4n) is 5.44. The molecule has 5 aromatic carbocycles. The van der Waals surface area contributed by atoms with E-state index in [1.54, 1.807) is 0 Å². The van der Waals surface area contributed by atoms with Gasteiger partial charge in [-0.25, -0.2) is 0 Å². The number of carboxylic acid groups (broad SMARTS) is 1. The second kappa shape index (κ2) is 8.12. The summed E-state index contributed by atoms with van der Waals surface area (Å²) in [5, 5.41) is 7.43. The zero-order valence-corrected chi connectivity index (χ0v) is 19.2. The number of hydrogen-bond acceptors (Lipinski definition) is 1. The summed E-state index contributed by atoms with van der Waals surface area (Å²) >= 11 is 0. The highest BCUT2D eigenvalue weighted by molar-refractivity contribution is 6.34. The Morgan fingerprint density at radius 1 is 0.605 bits per heavy atom. The molecule has 198 valence electrons. The summed E-state index contributed by atoms with van der Waals surface area (Å²) in [5.74, 6) is -2.70. The molecule has 0 heterocycles. The number of hydrogen-bond donors (Lipinski definition) is 1. The first-order valence-corrected chi connectivity index (χ1v) is 11.2. The number of rotatable bonds is 3. The molecule has 1 atom stereocenters. The molecule has 2 nitrogen and oxygen atoms in total. The van der Waals surface area contributed by atoms with Crippen LogP contribution >= 0.6 is 0 Å². The van der Waals surface area contributed by atoms with Crippen molar-refractivity contribution in [1.82, 2.24) is 0 Å². The molecule has 0 aromatic heterocycles. The third-order valence-corrected chi connectivity index (χ3v) is 6.93. The van der Waals surface area contributed by atoms with E-state index in [0.717, 1.165) is 24.3 Å². The van der Waals surface area contributed by atoms with Crippen molar-refractivity contribution in [3.63, 3.8) is 0 Å². The maximum Gasteiger partial charge on any atom is 0.417 e. The molecule has 0 bridgehead atoms. The predicted molar refractivity (Wildman–Crippen MR) is 123 cm³/mol. The molecule has 0 fully saturated rings. The van der Waals surface area contributed by atoms with E-state index in [4.69, 9.17) is 0 Å². The molecule has 11 heteroatoms. The van der Waals surface area contributed by atoms with Crippen LogP contribution in [0.5, 0.6) is 0 Å². The molecule has 0 radical (unpaired) electrons. The molecule has 0 spiro atoms. The SMILES string of the molecule is CCC(C(=O)O)c1ccc2c3ccc(C(F)(F)F)c4c(C(F)(F)F)ccc(c5ccc(C(F)(F)F)c1c25)c43. The summed E-state index contributed by atoms with van der Waals surface area (Å²) in [6.45, 7) is 1.48. The first-order chi connectivity index (χ1) is 17.6. The van der Waals surface area contributed by atoms with E-state index >= 15 is 0 Å². The van der Waals surface area contributed by atoms with Crippen LogP contribution in [0, 0.1) is 0 Å². The summed E-state index contributed by atoms with van der Waals surface area (Å²) in [5.41, 5.74) is -4.34. The molecule has 0 aliphatic heterocycles. The van der Waals surface area contributed by atoms with Crippen molar-refractivity contribution in [2.45, 2.75) is 37.8 Å². The molecule has 5 rings (SSSR count). The average molecular weight is 542 g/mol. The standard InChI is InChI=1S/C27H15F9O2/c1-2-11(24(37)38)12-3-4-13-15-6-9-18(26(31,32)33)23-19(27(34,35)36)10-7-16(21(15)23)14-5-8-17(25(28,29)30)22(12)20(13)14/h3-11H,2H2,1H3,(H,37,38). The van der Waals surface area contributed by atoms with Crippen LogP contribution in [0.1, 0.15) is 41.5 Å². The minimum Gasteiger partial charge on any atom is -0.481 e. The highest BCUT2D eigenvalue weighted by Gasteiger charge is 2.41. The molecule has 0 aliphatic rings. The second-order valence-electron chi connectivity index (χ2n) is 8.98. The van der Waals surface area contributed by atoms with E-state index in [9.17, 15) is 49.4 Å². The lowest BCUT2D eigenvalue weighted by Gasteiger charge is -2.24. The number of halogens is 9. The molecule has 1 N–H and O–H groups in total. The van der Waals surface area contributed by atoms with Crippen LogP contribution in [-0.4, -0.2) is 11.1 Å². The highest BCUT2D eigenvalue weighted by Crippen LogP contribution is 2.50. The van der Waals surface area contributed by atoms with Gasteiger partial charge in [0.1, 0.15) is 0 Å². The molecule has 38 heavy (non-hydrogen) atoms. The lowest BCUT2D eigenvalue weighted by molar-refractivity contribution is -0.140. The molecule has 0 amide bonds. The van der Waals surface area contributed by atoms with Crippen molar-refractivity contribution in [2.75, 3.05) is 0 Å². The second-order valence-corrected chi connectivity index (χ2v) is 8.98. The molecule has 1 unspecified atom stereocenters. The third-order valence-electron chi connectivity index (χ3n) is 6.93. The third kappa shape index (κ3) is 3.70. The van der Waals surface area contributed by atoms with Gasteiger partial charge < -0.3 is 5.11 Å². The van der Waals surface area contributed by atoms with E-state index in [2.05, 4.69) is 0 Å². The van der Waals surface area contributed by atoms with Crippen molar-refractivity contribution < 1.29 is 49.4 Å². The summed E-state index contributed by atoms with van der Waals surface area (Å²) in [4.78, 5) is 11.9. The lowest BCUT2D eigenvalue weighted by atomic mass is 9.82. The van der Waals surface area contributed by atoms with Gasteiger partial charge in [-0.05, 0) is 67.9 Å². The zero-order valence-electron chi connectivity index (χ0n) is 19.2. The number of carbonyl (C=O) groups is 1. The van der Waals surface area contributed by atoms with Crippen LogP contribution in [0.4, 0.5) is 39.5 Å². The quantitative estimate of drug-likeness (QED) is 0.140. The van der Waals surface area contributed by atoms with Crippen molar-refractivity contribution in [3.8, 4) is 0 Å². The van der Waals surface area contributed by atoms with Crippen LogP contribution in [0.3, 0.4) is 0 Å². The topological polar surface area (TPSA) is 37.3 Å². The monoisotopic (exact) mass is 542 g/mol. The number of fused-ring (bicyclic) bond motifs is 2. The van der Waals surface area contributed by atoms with Gasteiger partial charge in [0.2, 0.25) is 0 Å².